The zero-order chi connectivity index (χ0) is 14.8. The van der Waals surface area contributed by atoms with Crippen molar-refractivity contribution in [3.63, 3.8) is 0 Å². The minimum absolute atomic E-state index is 0. The fourth-order valence-corrected chi connectivity index (χ4v) is 2.20. The van der Waals surface area contributed by atoms with Crippen molar-refractivity contribution in [3.8, 4) is 11.5 Å². The Morgan fingerprint density at radius 1 is 1.20 bits per heavy atom. The number of hydrogen-bond acceptors (Lipinski definition) is 1. The predicted molar refractivity (Wildman–Crippen MR) is 78.0 cm³/mol. The van der Waals surface area contributed by atoms with Crippen LogP contribution >= 0.6 is 0 Å². The van der Waals surface area contributed by atoms with E-state index in [0.29, 0.717) is 11.1 Å². The summed E-state index contributed by atoms with van der Waals surface area (Å²) < 4.78 is 39.0. The van der Waals surface area contributed by atoms with Crippen LogP contribution in [0.5, 0.6) is 0 Å². The minimum atomic E-state index is -5.03. The Morgan fingerprint density at radius 3 is 2.15 bits per heavy atom. The summed E-state index contributed by atoms with van der Waals surface area (Å²) in [4.78, 5) is 0. The maximum atomic E-state index is 13.0. The predicted octanol–water partition coefficient (Wildman–Crippen LogP) is -0.259. The van der Waals surface area contributed by atoms with Gasteiger partial charge in [0.15, 0.2) is 0 Å². The van der Waals surface area contributed by atoms with Gasteiger partial charge in [-0.2, -0.15) is 0 Å². The fourth-order valence-electron chi connectivity index (χ4n) is 1.68. The molecule has 0 atom stereocenters. The Labute approximate surface area is 162 Å². The number of hydrogen-bond donors (Lipinski definition) is 1. The fraction of sp³-hybridized carbons (Fsp3) is 0.385. The summed E-state index contributed by atoms with van der Waals surface area (Å²) in [5, 5.41) is 0. The molecule has 0 bridgehead atoms. The molecule has 1 nitrogen and oxygen atoms in total. The summed E-state index contributed by atoms with van der Waals surface area (Å²) >= 11 is 0. The Morgan fingerprint density at radius 2 is 1.75 bits per heavy atom. The maximum Gasteiger partial charge on any atom is 1.00 e. The van der Waals surface area contributed by atoms with Crippen molar-refractivity contribution in [2.24, 2.45) is 5.73 Å². The second-order valence-corrected chi connectivity index (χ2v) is 10.4. The molecule has 20 heavy (non-hydrogen) atoms. The molecule has 1 aromatic rings. The molecule has 0 spiro atoms. The van der Waals surface area contributed by atoms with Crippen LogP contribution < -0.4 is 62.6 Å². The molecule has 0 unspecified atom stereocenters. The van der Waals surface area contributed by atoms with Crippen molar-refractivity contribution >= 4 is 20.5 Å². The summed E-state index contributed by atoms with van der Waals surface area (Å²) in [5.41, 5.74) is 9.14. The van der Waals surface area contributed by atoms with Crippen molar-refractivity contribution in [2.75, 3.05) is 0 Å². The van der Waals surface area contributed by atoms with Gasteiger partial charge in [-0.3, -0.25) is 0 Å². The van der Waals surface area contributed by atoms with Gasteiger partial charge in [0.2, 0.25) is 0 Å². The average Bonchev–Trinajstić information content (AvgIpc) is 2.25. The van der Waals surface area contributed by atoms with Gasteiger partial charge in [0.05, 0.1) is 0 Å². The van der Waals surface area contributed by atoms with Crippen molar-refractivity contribution < 1.29 is 64.3 Å². The van der Waals surface area contributed by atoms with E-state index in [4.69, 9.17) is 5.73 Å². The second kappa shape index (κ2) is 7.63. The summed E-state index contributed by atoms with van der Waals surface area (Å²) in [6, 6.07) is 2.80. The third-order valence-electron chi connectivity index (χ3n) is 2.71. The largest absolute Gasteiger partial charge is 1.00 e. The van der Waals surface area contributed by atoms with E-state index in [1.165, 1.54) is 6.92 Å². The van der Waals surface area contributed by atoms with Crippen LogP contribution in [0, 0.1) is 18.4 Å². The van der Waals surface area contributed by atoms with E-state index in [1.807, 2.05) is 19.6 Å². The molecule has 0 radical (unpaired) electrons. The van der Waals surface area contributed by atoms with E-state index in [2.05, 4.69) is 11.5 Å². The van der Waals surface area contributed by atoms with Gasteiger partial charge in [0, 0.05) is 12.1 Å². The first kappa shape index (κ1) is 20.4. The Bertz CT molecular complexity index is 542. The van der Waals surface area contributed by atoms with Crippen LogP contribution in [0.15, 0.2) is 12.1 Å². The normalized spacial score (nSPS) is 11.4. The van der Waals surface area contributed by atoms with Gasteiger partial charge >= 0.3 is 58.4 Å². The van der Waals surface area contributed by atoms with Crippen molar-refractivity contribution in [2.45, 2.75) is 33.1 Å². The molecule has 0 saturated heterocycles. The van der Waals surface area contributed by atoms with Crippen LogP contribution in [0.25, 0.3) is 0 Å². The Kier molecular flexibility index (Phi) is 7.80. The van der Waals surface area contributed by atoms with E-state index >= 15 is 0 Å². The molecular weight excluding hydrogens is 305 g/mol. The summed E-state index contributed by atoms with van der Waals surface area (Å²) in [6.45, 7) is 2.66. The summed E-state index contributed by atoms with van der Waals surface area (Å²) in [6.07, 6.45) is 0. The molecule has 0 aliphatic heterocycles. The Hall–Kier alpha value is 0.448. The van der Waals surface area contributed by atoms with Crippen molar-refractivity contribution in [1.82, 2.24) is 0 Å². The molecule has 104 valence electrons. The molecule has 0 saturated carbocycles. The van der Waals surface area contributed by atoms with E-state index in [1.54, 1.807) is 6.07 Å². The van der Waals surface area contributed by atoms with Gasteiger partial charge in [0.25, 0.3) is 0 Å². The van der Waals surface area contributed by atoms with Crippen LogP contribution in [0.2, 0.25) is 19.6 Å². The molecule has 1 aromatic carbocycles. The summed E-state index contributed by atoms with van der Waals surface area (Å²) in [7, 11) is -1.61. The minimum Gasteiger partial charge on any atom is -0.445 e. The zero-order valence-electron chi connectivity index (χ0n) is 12.7. The molecule has 0 fully saturated rings. The molecular formula is C13H18BF3KNSi. The van der Waals surface area contributed by atoms with Gasteiger partial charge in [-0.15, -0.1) is 11.0 Å². The van der Waals surface area contributed by atoms with Crippen molar-refractivity contribution in [3.05, 3.63) is 28.8 Å². The first-order valence-electron chi connectivity index (χ1n) is 6.11. The molecule has 2 N–H and O–H groups in total. The topological polar surface area (TPSA) is 26.0 Å². The molecule has 0 heterocycles. The van der Waals surface area contributed by atoms with E-state index in [0.717, 1.165) is 6.07 Å². The molecule has 0 amide bonds. The number of rotatable bonds is 2. The Balaban J connectivity index is 0.00000361. The van der Waals surface area contributed by atoms with Crippen LogP contribution in [0.1, 0.15) is 16.7 Å². The molecule has 0 aliphatic rings. The van der Waals surface area contributed by atoms with Gasteiger partial charge in [-0.25, -0.2) is 0 Å². The van der Waals surface area contributed by atoms with Crippen LogP contribution in [-0.4, -0.2) is 15.1 Å². The SMILES string of the molecule is Cc1c(CN)cc(C#C[Si](C)(C)C)cc1[B-](F)(F)F.[K+]. The second-order valence-electron chi connectivity index (χ2n) is 5.63. The van der Waals surface area contributed by atoms with Gasteiger partial charge in [0.1, 0.15) is 8.07 Å². The summed E-state index contributed by atoms with van der Waals surface area (Å²) in [5.74, 6) is 2.87. The number of halogens is 3. The van der Waals surface area contributed by atoms with E-state index < -0.39 is 20.5 Å². The van der Waals surface area contributed by atoms with E-state index in [9.17, 15) is 12.9 Å². The third-order valence-corrected chi connectivity index (χ3v) is 3.58. The maximum absolute atomic E-state index is 13.0. The first-order valence-corrected chi connectivity index (χ1v) is 9.61. The molecule has 1 rings (SSSR count). The molecule has 0 aliphatic carbocycles. The standard InChI is InChI=1S/C13H18BF3NSi.K/c1-10-12(9-18)7-11(5-6-19(2,3)4)8-13(10)14(15,16)17;/h7-8H,9,18H2,1-4H3;/q-1;+1. The number of nitrogens with two attached hydrogens (primary N) is 1. The molecule has 0 aromatic heterocycles. The van der Waals surface area contributed by atoms with Crippen LogP contribution in [0.3, 0.4) is 0 Å². The molecule has 7 heteroatoms. The van der Waals surface area contributed by atoms with Gasteiger partial charge < -0.3 is 18.7 Å². The van der Waals surface area contributed by atoms with E-state index in [-0.39, 0.29) is 63.5 Å². The smallest absolute Gasteiger partial charge is 0.445 e. The first-order chi connectivity index (χ1) is 8.54. The van der Waals surface area contributed by atoms with Crippen LogP contribution in [-0.2, 0) is 6.54 Å². The van der Waals surface area contributed by atoms with Crippen molar-refractivity contribution in [1.29, 1.82) is 0 Å². The number of benzene rings is 1. The monoisotopic (exact) mass is 323 g/mol. The quantitative estimate of drug-likeness (QED) is 0.589. The third kappa shape index (κ3) is 6.06. The average molecular weight is 323 g/mol. The van der Waals surface area contributed by atoms with Gasteiger partial charge in [-0.1, -0.05) is 37.2 Å². The van der Waals surface area contributed by atoms with Crippen LogP contribution in [0.4, 0.5) is 12.9 Å². The zero-order valence-corrected chi connectivity index (χ0v) is 16.8. The van der Waals surface area contributed by atoms with Gasteiger partial charge in [-0.05, 0) is 18.6 Å².